The molecule has 3 fully saturated rings. The molecule has 5 aliphatic rings. The minimum absolute atomic E-state index is 0.0123. The molecule has 2 bridgehead atoms. The van der Waals surface area contributed by atoms with E-state index in [1.54, 1.807) is 0 Å². The Morgan fingerprint density at radius 1 is 1.06 bits per heavy atom. The Kier molecular flexibility index (Phi) is 5.53. The number of allylic oxidation sites excluding steroid dienone is 2. The molecule has 1 aliphatic heterocycles. The van der Waals surface area contributed by atoms with Gasteiger partial charge in [-0.3, -0.25) is 19.3 Å². The number of unbranched alkanes of at least 4 members (excludes halogenated alkanes) is 2. The molecule has 6 heteroatoms. The van der Waals surface area contributed by atoms with Gasteiger partial charge in [0, 0.05) is 23.1 Å². The number of carbonyl (C=O) groups excluding carboxylic acids is 3. The van der Waals surface area contributed by atoms with Gasteiger partial charge >= 0.3 is 0 Å². The Bertz CT molecular complexity index is 922. The third-order valence-electron chi connectivity index (χ3n) is 7.76. The standard InChI is InChI=1S/C25H29BrN2O3/c1-2-14-12-15(26)7-10-20(14)27-21(29)6-4-3-5-11-28-24(30)22-16-8-9-17(19-13-18(16)19)23(22)25(28)31/h7-10,12,16-19,22-23H,2-6,11,13H2,1H3,(H,27,29). The number of hydrogen-bond acceptors (Lipinski definition) is 3. The minimum Gasteiger partial charge on any atom is -0.326 e. The topological polar surface area (TPSA) is 66.5 Å². The van der Waals surface area contributed by atoms with E-state index < -0.39 is 0 Å². The van der Waals surface area contributed by atoms with E-state index >= 15 is 0 Å². The van der Waals surface area contributed by atoms with E-state index in [4.69, 9.17) is 0 Å². The van der Waals surface area contributed by atoms with E-state index in [2.05, 4.69) is 40.3 Å². The molecule has 4 aliphatic carbocycles. The highest BCUT2D eigenvalue weighted by molar-refractivity contribution is 9.10. The van der Waals surface area contributed by atoms with Crippen molar-refractivity contribution in [1.29, 1.82) is 0 Å². The molecule has 31 heavy (non-hydrogen) atoms. The first-order valence-electron chi connectivity index (χ1n) is 11.6. The van der Waals surface area contributed by atoms with Gasteiger partial charge in [-0.05, 0) is 73.1 Å². The van der Waals surface area contributed by atoms with Gasteiger partial charge in [-0.1, -0.05) is 41.4 Å². The molecule has 1 saturated heterocycles. The van der Waals surface area contributed by atoms with Gasteiger partial charge in [-0.25, -0.2) is 0 Å². The second-order valence-electron chi connectivity index (χ2n) is 9.50. The summed E-state index contributed by atoms with van der Waals surface area (Å²) < 4.78 is 1.01. The molecule has 164 valence electrons. The fraction of sp³-hybridized carbons (Fsp3) is 0.560. The van der Waals surface area contributed by atoms with Crippen LogP contribution in [-0.2, 0) is 20.8 Å². The number of amides is 3. The van der Waals surface area contributed by atoms with Crippen LogP contribution >= 0.6 is 15.9 Å². The molecule has 1 aromatic carbocycles. The van der Waals surface area contributed by atoms with Gasteiger partial charge in [-0.2, -0.15) is 0 Å². The lowest BCUT2D eigenvalue weighted by Crippen LogP contribution is -2.40. The van der Waals surface area contributed by atoms with Crippen molar-refractivity contribution in [3.8, 4) is 0 Å². The first kappa shape index (κ1) is 20.9. The smallest absolute Gasteiger partial charge is 0.233 e. The van der Waals surface area contributed by atoms with E-state index in [9.17, 15) is 14.4 Å². The minimum atomic E-state index is -0.101. The number of benzene rings is 1. The van der Waals surface area contributed by atoms with Crippen molar-refractivity contribution in [1.82, 2.24) is 4.90 Å². The first-order chi connectivity index (χ1) is 15.0. The van der Waals surface area contributed by atoms with Crippen LogP contribution in [-0.4, -0.2) is 29.2 Å². The van der Waals surface area contributed by atoms with E-state index in [-0.39, 0.29) is 41.4 Å². The molecule has 0 spiro atoms. The largest absolute Gasteiger partial charge is 0.326 e. The predicted octanol–water partition coefficient (Wildman–Crippen LogP) is 4.56. The Labute approximate surface area is 191 Å². The Morgan fingerprint density at radius 2 is 1.74 bits per heavy atom. The Morgan fingerprint density at radius 3 is 2.39 bits per heavy atom. The predicted molar refractivity (Wildman–Crippen MR) is 122 cm³/mol. The van der Waals surface area contributed by atoms with Crippen molar-refractivity contribution in [3.63, 3.8) is 0 Å². The second-order valence-corrected chi connectivity index (χ2v) is 10.4. The third kappa shape index (κ3) is 3.67. The van der Waals surface area contributed by atoms with E-state index in [0.717, 1.165) is 41.4 Å². The summed E-state index contributed by atoms with van der Waals surface area (Å²) in [5, 5.41) is 3.01. The zero-order chi connectivity index (χ0) is 21.7. The van der Waals surface area contributed by atoms with Crippen LogP contribution in [0, 0.1) is 35.5 Å². The third-order valence-corrected chi connectivity index (χ3v) is 8.26. The summed E-state index contributed by atoms with van der Waals surface area (Å²) in [7, 11) is 0. The number of carbonyl (C=O) groups is 3. The number of hydrogen-bond donors (Lipinski definition) is 1. The summed E-state index contributed by atoms with van der Waals surface area (Å²) in [5.74, 6) is 1.79. The van der Waals surface area contributed by atoms with Crippen molar-refractivity contribution in [3.05, 3.63) is 40.4 Å². The van der Waals surface area contributed by atoms with Crippen molar-refractivity contribution < 1.29 is 14.4 Å². The summed E-state index contributed by atoms with van der Waals surface area (Å²) >= 11 is 3.47. The quantitative estimate of drug-likeness (QED) is 0.334. The zero-order valence-electron chi connectivity index (χ0n) is 17.9. The number of aryl methyl sites for hydroxylation is 1. The average molecular weight is 485 g/mol. The summed E-state index contributed by atoms with van der Waals surface area (Å²) in [4.78, 5) is 39.8. The van der Waals surface area contributed by atoms with Crippen LogP contribution in [0.2, 0.25) is 0 Å². The van der Waals surface area contributed by atoms with Crippen LogP contribution in [0.3, 0.4) is 0 Å². The molecular formula is C25H29BrN2O3. The van der Waals surface area contributed by atoms with E-state index in [0.29, 0.717) is 24.8 Å². The lowest BCUT2D eigenvalue weighted by Gasteiger charge is -2.37. The van der Waals surface area contributed by atoms with E-state index in [1.165, 1.54) is 11.3 Å². The molecular weight excluding hydrogens is 456 g/mol. The lowest BCUT2D eigenvalue weighted by atomic mass is 9.63. The molecule has 3 amide bonds. The van der Waals surface area contributed by atoms with Crippen molar-refractivity contribution >= 4 is 39.3 Å². The normalized spacial score (nSPS) is 32.3. The maximum absolute atomic E-state index is 13.0. The lowest BCUT2D eigenvalue weighted by molar-refractivity contribution is -0.140. The zero-order valence-corrected chi connectivity index (χ0v) is 19.4. The van der Waals surface area contributed by atoms with E-state index in [1.807, 2.05) is 18.2 Å². The monoisotopic (exact) mass is 484 g/mol. The van der Waals surface area contributed by atoms with Gasteiger partial charge in [0.15, 0.2) is 0 Å². The van der Waals surface area contributed by atoms with Crippen LogP contribution in [0.1, 0.15) is 44.6 Å². The van der Waals surface area contributed by atoms with Crippen LogP contribution in [0.5, 0.6) is 0 Å². The molecule has 2 saturated carbocycles. The number of anilines is 1. The summed E-state index contributed by atoms with van der Waals surface area (Å²) in [5.41, 5.74) is 1.98. The number of nitrogens with one attached hydrogen (secondary N) is 1. The number of nitrogens with zero attached hydrogens (tertiary/aromatic N) is 1. The number of rotatable bonds is 8. The van der Waals surface area contributed by atoms with Gasteiger partial charge in [0.1, 0.15) is 0 Å². The number of likely N-dealkylation sites (tertiary alicyclic amines) is 1. The van der Waals surface area contributed by atoms with Crippen LogP contribution in [0.4, 0.5) is 5.69 Å². The Balaban J connectivity index is 1.08. The molecule has 1 N–H and O–H groups in total. The first-order valence-corrected chi connectivity index (χ1v) is 12.4. The van der Waals surface area contributed by atoms with Crippen LogP contribution in [0.15, 0.2) is 34.8 Å². The highest BCUT2D eigenvalue weighted by Crippen LogP contribution is 2.65. The SMILES string of the molecule is CCc1cc(Br)ccc1NC(=O)CCCCCN1C(=O)C2C3C=CC(C4CC34)C2C1=O. The fourth-order valence-electron chi connectivity index (χ4n) is 6.16. The fourth-order valence-corrected chi connectivity index (χ4v) is 6.57. The molecule has 6 unspecified atom stereocenters. The van der Waals surface area contributed by atoms with Crippen LogP contribution in [0.25, 0.3) is 0 Å². The van der Waals surface area contributed by atoms with Gasteiger partial charge in [-0.15, -0.1) is 0 Å². The van der Waals surface area contributed by atoms with Gasteiger partial charge in [0.25, 0.3) is 0 Å². The van der Waals surface area contributed by atoms with Crippen molar-refractivity contribution in [2.24, 2.45) is 35.5 Å². The molecule has 1 heterocycles. The summed E-state index contributed by atoms with van der Waals surface area (Å²) in [6.07, 6.45) is 9.26. The molecule has 1 aromatic rings. The van der Waals surface area contributed by atoms with Gasteiger partial charge in [0.05, 0.1) is 11.8 Å². The Hall–Kier alpha value is -1.95. The van der Waals surface area contributed by atoms with Crippen molar-refractivity contribution in [2.75, 3.05) is 11.9 Å². The van der Waals surface area contributed by atoms with Crippen LogP contribution < -0.4 is 5.32 Å². The summed E-state index contributed by atoms with van der Waals surface area (Å²) in [6, 6.07) is 5.89. The van der Waals surface area contributed by atoms with Gasteiger partial charge in [0.2, 0.25) is 17.7 Å². The molecule has 6 rings (SSSR count). The highest BCUT2D eigenvalue weighted by Gasteiger charge is 2.66. The number of imide groups is 1. The molecule has 5 nitrogen and oxygen atoms in total. The van der Waals surface area contributed by atoms with Gasteiger partial charge < -0.3 is 5.32 Å². The average Bonchev–Trinajstić information content (AvgIpc) is 3.54. The highest BCUT2D eigenvalue weighted by atomic mass is 79.9. The molecule has 0 radical (unpaired) electrons. The van der Waals surface area contributed by atoms with Crippen molar-refractivity contribution in [2.45, 2.75) is 45.4 Å². The second kappa shape index (κ2) is 8.19. The molecule has 6 atom stereocenters. The molecule has 0 aromatic heterocycles. The maximum atomic E-state index is 13.0. The number of halogens is 1. The maximum Gasteiger partial charge on any atom is 0.233 e. The summed E-state index contributed by atoms with van der Waals surface area (Å²) in [6.45, 7) is 2.56.